The molecule has 0 N–H and O–H groups in total. The van der Waals surface area contributed by atoms with Crippen molar-refractivity contribution in [2.75, 3.05) is 44.2 Å². The van der Waals surface area contributed by atoms with Crippen LogP contribution < -0.4 is 4.90 Å². The second-order valence-electron chi connectivity index (χ2n) is 7.01. The highest BCUT2D eigenvalue weighted by molar-refractivity contribution is 5.50. The highest BCUT2D eigenvalue weighted by atomic mass is 16.5. The van der Waals surface area contributed by atoms with Crippen LogP contribution in [0.2, 0.25) is 0 Å². The van der Waals surface area contributed by atoms with Gasteiger partial charge in [0.1, 0.15) is 5.82 Å². The molecule has 1 atom stereocenters. The van der Waals surface area contributed by atoms with Gasteiger partial charge in [-0.15, -0.1) is 0 Å². The van der Waals surface area contributed by atoms with Crippen molar-refractivity contribution in [3.05, 3.63) is 24.0 Å². The maximum absolute atomic E-state index is 6.15. The van der Waals surface area contributed by atoms with Crippen molar-refractivity contribution < 1.29 is 4.74 Å². The van der Waals surface area contributed by atoms with Crippen LogP contribution in [-0.2, 0) is 4.74 Å². The molecule has 0 aliphatic carbocycles. The van der Waals surface area contributed by atoms with E-state index in [1.165, 1.54) is 32.4 Å². The molecule has 24 heavy (non-hydrogen) atoms. The quantitative estimate of drug-likeness (QED) is 0.863. The van der Waals surface area contributed by atoms with Crippen LogP contribution >= 0.6 is 0 Å². The Labute approximate surface area is 143 Å². The number of hydrogen-bond acceptors (Lipinski definition) is 5. The fourth-order valence-corrected chi connectivity index (χ4v) is 3.89. The molecule has 0 bridgehead atoms. The lowest BCUT2D eigenvalue weighted by Gasteiger charge is -2.32. The normalized spacial score (nSPS) is 23.5. The molecule has 130 valence electrons. The Morgan fingerprint density at radius 1 is 1.17 bits per heavy atom. The van der Waals surface area contributed by atoms with Crippen molar-refractivity contribution in [2.45, 2.75) is 38.7 Å². The van der Waals surface area contributed by atoms with Gasteiger partial charge < -0.3 is 14.5 Å². The van der Waals surface area contributed by atoms with Crippen LogP contribution in [-0.4, -0.2) is 64.9 Å². The zero-order valence-corrected chi connectivity index (χ0v) is 14.5. The standard InChI is InChI=1S/C18H27N5O/c1-15-12-18(23-17(20-15)6-7-19-23)22-10-5-11-24-16(14-22)13-21-8-3-2-4-9-21/h6-7,12,16H,2-5,8-11,13-14H2,1H3. The number of piperidine rings is 1. The van der Waals surface area contributed by atoms with Gasteiger partial charge in [-0.25, -0.2) is 4.98 Å². The summed E-state index contributed by atoms with van der Waals surface area (Å²) >= 11 is 0. The molecule has 2 saturated heterocycles. The third kappa shape index (κ3) is 3.39. The summed E-state index contributed by atoms with van der Waals surface area (Å²) in [7, 11) is 0. The number of fused-ring (bicyclic) bond motifs is 1. The third-order valence-electron chi connectivity index (χ3n) is 5.05. The van der Waals surface area contributed by atoms with Gasteiger partial charge in [-0.2, -0.15) is 9.61 Å². The van der Waals surface area contributed by atoms with Gasteiger partial charge >= 0.3 is 0 Å². The second-order valence-corrected chi connectivity index (χ2v) is 7.01. The monoisotopic (exact) mass is 329 g/mol. The van der Waals surface area contributed by atoms with Gasteiger partial charge in [0.2, 0.25) is 0 Å². The van der Waals surface area contributed by atoms with Gasteiger partial charge in [0, 0.05) is 44.1 Å². The smallest absolute Gasteiger partial charge is 0.157 e. The second kappa shape index (κ2) is 7.07. The number of aromatic nitrogens is 3. The number of ether oxygens (including phenoxy) is 1. The van der Waals surface area contributed by atoms with E-state index in [1.54, 1.807) is 0 Å². The Hall–Kier alpha value is -1.66. The molecule has 6 heteroatoms. The van der Waals surface area contributed by atoms with Crippen molar-refractivity contribution in [1.82, 2.24) is 19.5 Å². The fraction of sp³-hybridized carbons (Fsp3) is 0.667. The van der Waals surface area contributed by atoms with Crippen LogP contribution in [0.25, 0.3) is 5.65 Å². The number of likely N-dealkylation sites (tertiary alicyclic amines) is 1. The average molecular weight is 329 g/mol. The van der Waals surface area contributed by atoms with Crippen molar-refractivity contribution in [3.8, 4) is 0 Å². The lowest BCUT2D eigenvalue weighted by atomic mass is 10.1. The lowest BCUT2D eigenvalue weighted by molar-refractivity contribution is 0.0350. The Bertz CT molecular complexity index is 679. The molecule has 0 radical (unpaired) electrons. The summed E-state index contributed by atoms with van der Waals surface area (Å²) in [5.41, 5.74) is 1.96. The summed E-state index contributed by atoms with van der Waals surface area (Å²) in [6.07, 6.45) is 7.18. The van der Waals surface area contributed by atoms with Crippen molar-refractivity contribution in [1.29, 1.82) is 0 Å². The van der Waals surface area contributed by atoms with E-state index >= 15 is 0 Å². The molecular formula is C18H27N5O. The van der Waals surface area contributed by atoms with E-state index in [4.69, 9.17) is 4.74 Å². The number of rotatable bonds is 3. The molecular weight excluding hydrogens is 302 g/mol. The zero-order chi connectivity index (χ0) is 16.4. The first-order chi connectivity index (χ1) is 11.8. The third-order valence-corrected chi connectivity index (χ3v) is 5.05. The van der Waals surface area contributed by atoms with Crippen LogP contribution in [0.3, 0.4) is 0 Å². The van der Waals surface area contributed by atoms with Gasteiger partial charge in [-0.1, -0.05) is 6.42 Å². The molecule has 0 amide bonds. The molecule has 0 saturated carbocycles. The summed E-state index contributed by atoms with van der Waals surface area (Å²) in [6.45, 7) is 8.32. The predicted molar refractivity (Wildman–Crippen MR) is 94.6 cm³/mol. The topological polar surface area (TPSA) is 45.9 Å². The number of aryl methyl sites for hydroxylation is 1. The van der Waals surface area contributed by atoms with E-state index in [0.29, 0.717) is 0 Å². The first kappa shape index (κ1) is 15.8. The molecule has 4 rings (SSSR count). The molecule has 2 fully saturated rings. The van der Waals surface area contributed by atoms with Crippen LogP contribution in [0.4, 0.5) is 5.82 Å². The van der Waals surface area contributed by atoms with E-state index in [-0.39, 0.29) is 6.10 Å². The summed E-state index contributed by atoms with van der Waals surface area (Å²) < 4.78 is 8.11. The van der Waals surface area contributed by atoms with Gasteiger partial charge in [0.25, 0.3) is 0 Å². The minimum atomic E-state index is 0.268. The van der Waals surface area contributed by atoms with Crippen LogP contribution in [0, 0.1) is 6.92 Å². The first-order valence-electron chi connectivity index (χ1n) is 9.20. The van der Waals surface area contributed by atoms with Crippen molar-refractivity contribution >= 4 is 11.5 Å². The molecule has 4 heterocycles. The van der Waals surface area contributed by atoms with Crippen molar-refractivity contribution in [2.24, 2.45) is 0 Å². The van der Waals surface area contributed by atoms with E-state index in [1.807, 2.05) is 16.8 Å². The Kier molecular flexibility index (Phi) is 4.67. The highest BCUT2D eigenvalue weighted by Crippen LogP contribution is 2.21. The number of hydrogen-bond donors (Lipinski definition) is 0. The molecule has 6 nitrogen and oxygen atoms in total. The largest absolute Gasteiger partial charge is 0.375 e. The SMILES string of the molecule is Cc1cc(N2CCCOC(CN3CCCCC3)C2)n2nccc2n1. The van der Waals surface area contributed by atoms with E-state index in [2.05, 4.69) is 32.9 Å². The number of anilines is 1. The van der Waals surface area contributed by atoms with E-state index in [9.17, 15) is 0 Å². The van der Waals surface area contributed by atoms with E-state index < -0.39 is 0 Å². The van der Waals surface area contributed by atoms with E-state index in [0.717, 1.165) is 49.8 Å². The van der Waals surface area contributed by atoms with Gasteiger partial charge in [-0.3, -0.25) is 0 Å². The fourth-order valence-electron chi connectivity index (χ4n) is 3.89. The van der Waals surface area contributed by atoms with Gasteiger partial charge in [0.15, 0.2) is 5.65 Å². The Balaban J connectivity index is 1.53. The highest BCUT2D eigenvalue weighted by Gasteiger charge is 2.24. The Morgan fingerprint density at radius 2 is 2.04 bits per heavy atom. The summed E-state index contributed by atoms with van der Waals surface area (Å²) in [5.74, 6) is 1.14. The maximum Gasteiger partial charge on any atom is 0.157 e. The molecule has 2 aliphatic heterocycles. The van der Waals surface area contributed by atoms with Gasteiger partial charge in [0.05, 0.1) is 12.3 Å². The zero-order valence-electron chi connectivity index (χ0n) is 14.5. The summed E-state index contributed by atoms with van der Waals surface area (Å²) in [5, 5.41) is 4.47. The number of nitrogens with zero attached hydrogens (tertiary/aromatic N) is 5. The molecule has 2 aliphatic rings. The molecule has 0 spiro atoms. The van der Waals surface area contributed by atoms with Crippen molar-refractivity contribution in [3.63, 3.8) is 0 Å². The van der Waals surface area contributed by atoms with Crippen LogP contribution in [0.15, 0.2) is 18.3 Å². The predicted octanol–water partition coefficient (Wildman–Crippen LogP) is 2.12. The lowest BCUT2D eigenvalue weighted by Crippen LogP contribution is -2.42. The summed E-state index contributed by atoms with van der Waals surface area (Å²) in [6, 6.07) is 4.11. The minimum absolute atomic E-state index is 0.268. The summed E-state index contributed by atoms with van der Waals surface area (Å²) in [4.78, 5) is 9.56. The van der Waals surface area contributed by atoms with Gasteiger partial charge in [-0.05, 0) is 39.3 Å². The minimum Gasteiger partial charge on any atom is -0.375 e. The molecule has 1 unspecified atom stereocenters. The molecule has 2 aromatic rings. The molecule has 0 aromatic carbocycles. The maximum atomic E-state index is 6.15. The average Bonchev–Trinajstić information content (AvgIpc) is 2.93. The van der Waals surface area contributed by atoms with Crippen LogP contribution in [0.1, 0.15) is 31.4 Å². The van der Waals surface area contributed by atoms with Crippen LogP contribution in [0.5, 0.6) is 0 Å². The Morgan fingerprint density at radius 3 is 2.92 bits per heavy atom. The molecule has 2 aromatic heterocycles. The first-order valence-corrected chi connectivity index (χ1v) is 9.20.